The molecule has 0 amide bonds. The van der Waals surface area contributed by atoms with Gasteiger partial charge in [-0.3, -0.25) is 0 Å². The highest BCUT2D eigenvalue weighted by molar-refractivity contribution is 5.60. The van der Waals surface area contributed by atoms with Crippen molar-refractivity contribution in [2.75, 3.05) is 13.2 Å². The number of hydrogen-bond acceptors (Lipinski definition) is 10. The van der Waals surface area contributed by atoms with Crippen LogP contribution in [-0.4, -0.2) is 122 Å². The number of epoxide rings is 3. The average molecular weight is 365 g/mol. The quantitative estimate of drug-likeness (QED) is 0.184. The zero-order chi connectivity index (χ0) is 17.9. The van der Waals surface area contributed by atoms with E-state index in [9.17, 15) is 35.7 Å². The van der Waals surface area contributed by atoms with Gasteiger partial charge in [0.1, 0.15) is 42.7 Å². The van der Waals surface area contributed by atoms with Gasteiger partial charge in [0.25, 0.3) is 5.79 Å². The number of hydrogen-bond donors (Lipinski definition) is 7. The van der Waals surface area contributed by atoms with E-state index >= 15 is 0 Å². The van der Waals surface area contributed by atoms with E-state index in [0.29, 0.717) is 0 Å². The molecule has 0 aromatic rings. The molecule has 25 heavy (non-hydrogen) atoms. The van der Waals surface area contributed by atoms with Gasteiger partial charge in [-0.25, -0.2) is 0 Å². The highest BCUT2D eigenvalue weighted by atomic mass is 17.0. The summed E-state index contributed by atoms with van der Waals surface area (Å²) in [7, 11) is 0. The molecule has 1 unspecified atom stereocenters. The van der Waals surface area contributed by atoms with E-state index in [1.165, 1.54) is 0 Å². The first-order valence-electron chi connectivity index (χ1n) is 8.22. The average Bonchev–Trinajstić information content (AvgIpc) is 3.45. The van der Waals surface area contributed by atoms with Gasteiger partial charge in [-0.05, 0) is 0 Å². The number of rotatable bonds is 5. The molecule has 12 atom stereocenters. The maximum atomic E-state index is 10.5. The lowest BCUT2D eigenvalue weighted by atomic mass is 9.97. The van der Waals surface area contributed by atoms with Crippen LogP contribution in [0.3, 0.4) is 0 Å². The molecule has 0 aromatic carbocycles. The van der Waals surface area contributed by atoms with Crippen molar-refractivity contribution >= 4 is 0 Å². The van der Waals surface area contributed by atoms with Crippen LogP contribution in [0.4, 0.5) is 0 Å². The number of ether oxygens (including phenoxy) is 3. The topological polar surface area (TPSA) is 172 Å². The van der Waals surface area contributed by atoms with Gasteiger partial charge in [0.2, 0.25) is 0 Å². The first-order valence-corrected chi connectivity index (χ1v) is 8.22. The van der Waals surface area contributed by atoms with Crippen molar-refractivity contribution in [3.05, 3.63) is 0 Å². The summed E-state index contributed by atoms with van der Waals surface area (Å²) >= 11 is 0. The van der Waals surface area contributed by atoms with Gasteiger partial charge in [-0.2, -0.15) is 0 Å². The molecule has 6 fully saturated rings. The first-order chi connectivity index (χ1) is 11.9. The summed E-state index contributed by atoms with van der Waals surface area (Å²) in [4.78, 5) is 0. The van der Waals surface area contributed by atoms with Crippen molar-refractivity contribution in [1.29, 1.82) is 0 Å². The summed E-state index contributed by atoms with van der Waals surface area (Å²) in [5, 5.41) is 69.2. The van der Waals surface area contributed by atoms with Crippen LogP contribution in [-0.2, 0) is 18.6 Å². The van der Waals surface area contributed by atoms with E-state index < -0.39 is 73.6 Å². The molecule has 5 heterocycles. The second-order valence-corrected chi connectivity index (χ2v) is 7.26. The molecule has 1 saturated carbocycles. The largest absolute Gasteiger partial charge is 0.394 e. The van der Waals surface area contributed by atoms with Crippen LogP contribution in [0.2, 0.25) is 0 Å². The van der Waals surface area contributed by atoms with E-state index in [-0.39, 0.29) is 12.2 Å². The molecule has 0 bridgehead atoms. The molecule has 7 N–H and O–H groups in total. The van der Waals surface area contributed by atoms with Gasteiger partial charge in [0, 0.05) is 0 Å². The van der Waals surface area contributed by atoms with Crippen molar-refractivity contribution in [1.82, 2.24) is 0 Å². The van der Waals surface area contributed by atoms with Crippen LogP contribution in [0.25, 0.3) is 0 Å². The summed E-state index contributed by atoms with van der Waals surface area (Å²) in [5.41, 5.74) is -0.698. The standard InChI is InChI=1S/C14H21O11/c15-1-3-5(17)7(19)8(20)12(22-3)24-14(13-10-11(13)25(10)13)9(21)6(18)4(2-16)23-14/h3-12,15-21H,1-2H2/q+1/t3-,4-,5-,6-,7+,8-,9+,10-,11+,12-,13?,14+/m1/s1. The van der Waals surface area contributed by atoms with Crippen molar-refractivity contribution in [2.24, 2.45) is 0 Å². The fourth-order valence-corrected chi connectivity index (χ4v) is 4.28. The molecule has 6 rings (SSSR count). The van der Waals surface area contributed by atoms with Crippen LogP contribution in [0.15, 0.2) is 0 Å². The Morgan fingerprint density at radius 1 is 0.840 bits per heavy atom. The zero-order valence-electron chi connectivity index (χ0n) is 13.0. The molecule has 11 nitrogen and oxygen atoms in total. The Labute approximate surface area is 141 Å². The maximum absolute atomic E-state index is 10.5. The third-order valence-corrected chi connectivity index (χ3v) is 6.04. The highest BCUT2D eigenvalue weighted by Gasteiger charge is 3.34. The monoisotopic (exact) mass is 365 g/mol. The second kappa shape index (κ2) is 4.88. The molecule has 142 valence electrons. The fraction of sp³-hybridized carbons (Fsp3) is 1.00. The predicted molar refractivity (Wildman–Crippen MR) is 72.9 cm³/mol. The second-order valence-electron chi connectivity index (χ2n) is 7.26. The maximum Gasteiger partial charge on any atom is 0.385 e. The summed E-state index contributed by atoms with van der Waals surface area (Å²) < 4.78 is 19.5. The minimum absolute atomic E-state index is 0.0803. The molecule has 1 aliphatic carbocycles. The van der Waals surface area contributed by atoms with Gasteiger partial charge in [-0.1, -0.05) is 0 Å². The van der Waals surface area contributed by atoms with Crippen molar-refractivity contribution in [3.8, 4) is 0 Å². The number of aliphatic hydroxyl groups excluding tert-OH is 7. The van der Waals surface area contributed by atoms with Crippen LogP contribution in [0.5, 0.6) is 0 Å². The first kappa shape index (κ1) is 16.7. The molecular formula is C14H21O11+. The third-order valence-electron chi connectivity index (χ3n) is 6.04. The lowest BCUT2D eigenvalue weighted by Gasteiger charge is -2.42. The Bertz CT molecular complexity index is 557. The van der Waals surface area contributed by atoms with Crippen LogP contribution < -0.4 is 0 Å². The third kappa shape index (κ3) is 1.77. The lowest BCUT2D eigenvalue weighted by Crippen LogP contribution is -2.63. The van der Waals surface area contributed by atoms with Gasteiger partial charge >= 0.3 is 17.8 Å². The Balaban J connectivity index is 1.43. The van der Waals surface area contributed by atoms with Gasteiger partial charge < -0.3 is 54.3 Å². The molecular weight excluding hydrogens is 344 g/mol. The molecule has 6 aliphatic rings. The van der Waals surface area contributed by atoms with Crippen molar-refractivity contribution in [3.63, 3.8) is 0 Å². The Hall–Kier alpha value is -0.440. The van der Waals surface area contributed by atoms with E-state index in [4.69, 9.17) is 14.2 Å². The van der Waals surface area contributed by atoms with Crippen LogP contribution in [0, 0.1) is 0 Å². The minimum Gasteiger partial charge on any atom is -0.394 e. The SMILES string of the molecule is OC[C@H]1O[C@@](O[C@H]2O[C@H](CO)[C@@H](O)[C@H](O)[C@H]2O)(C23[C@@H]4[C@H]2[O+]43)[C@@H](O)[C@@H]1O. The van der Waals surface area contributed by atoms with Gasteiger partial charge in [0.05, 0.1) is 13.2 Å². The van der Waals surface area contributed by atoms with E-state index in [0.717, 1.165) is 0 Å². The summed E-state index contributed by atoms with van der Waals surface area (Å²) in [5.74, 6) is -1.77. The summed E-state index contributed by atoms with van der Waals surface area (Å²) in [6.07, 6.45) is -11.4. The Morgan fingerprint density at radius 3 is 1.92 bits per heavy atom. The fourth-order valence-electron chi connectivity index (χ4n) is 4.28. The molecule has 0 spiro atoms. The number of aliphatic hydroxyl groups is 7. The van der Waals surface area contributed by atoms with Crippen molar-refractivity contribution < 1.29 is 54.3 Å². The Kier molecular flexibility index (Phi) is 3.26. The minimum atomic E-state index is -1.77. The normalized spacial score (nSPS) is 64.9. The zero-order valence-corrected chi connectivity index (χ0v) is 13.0. The van der Waals surface area contributed by atoms with Crippen molar-refractivity contribution in [2.45, 2.75) is 72.6 Å². The van der Waals surface area contributed by atoms with E-state index in [2.05, 4.69) is 4.37 Å². The lowest BCUT2D eigenvalue weighted by molar-refractivity contribution is -0.382. The molecule has 5 saturated heterocycles. The molecule has 0 aromatic heterocycles. The highest BCUT2D eigenvalue weighted by Crippen LogP contribution is 2.97. The molecule has 11 heteroatoms. The summed E-state index contributed by atoms with van der Waals surface area (Å²) in [6.45, 7) is -1.17. The summed E-state index contributed by atoms with van der Waals surface area (Å²) in [6, 6.07) is 0. The molecule has 0 radical (unpaired) electrons. The van der Waals surface area contributed by atoms with E-state index in [1.807, 2.05) is 0 Å². The molecule has 5 aliphatic heterocycles. The smallest absolute Gasteiger partial charge is 0.385 e. The van der Waals surface area contributed by atoms with Crippen LogP contribution in [0.1, 0.15) is 0 Å². The van der Waals surface area contributed by atoms with Gasteiger partial charge in [0.15, 0.2) is 6.29 Å². The van der Waals surface area contributed by atoms with Gasteiger partial charge in [-0.15, -0.1) is 0 Å². The van der Waals surface area contributed by atoms with E-state index in [1.54, 1.807) is 0 Å². The van der Waals surface area contributed by atoms with Crippen LogP contribution >= 0.6 is 0 Å². The Morgan fingerprint density at radius 2 is 1.44 bits per heavy atom. The predicted octanol–water partition coefficient (Wildman–Crippen LogP) is -5.32.